The average molecular weight is 495 g/mol. The van der Waals surface area contributed by atoms with Gasteiger partial charge in [-0.15, -0.1) is 0 Å². The fraction of sp³-hybridized carbons (Fsp3) is 0. The van der Waals surface area contributed by atoms with Gasteiger partial charge in [-0.3, -0.25) is 18.3 Å². The van der Waals surface area contributed by atoms with E-state index in [0.717, 1.165) is 46.0 Å². The van der Waals surface area contributed by atoms with E-state index in [1.54, 1.807) is 24.8 Å². The molecule has 38 heavy (non-hydrogen) atoms. The van der Waals surface area contributed by atoms with Crippen LogP contribution in [0.1, 0.15) is 0 Å². The SMILES string of the molecule is c1ccc(-n2ccnc2-c2nccn2-c2cccc(-n3ccnc3-c3nccn3-c3ccccc3)c2)cc1. The Morgan fingerprint density at radius 2 is 0.658 bits per heavy atom. The van der Waals surface area contributed by atoms with Gasteiger partial charge in [0.1, 0.15) is 0 Å². The predicted octanol–water partition coefficient (Wildman–Crippen LogP) is 5.76. The second kappa shape index (κ2) is 9.18. The predicted molar refractivity (Wildman–Crippen MR) is 146 cm³/mol. The molecule has 0 fully saturated rings. The molecule has 0 bridgehead atoms. The molecule has 0 aliphatic heterocycles. The molecule has 8 nitrogen and oxygen atoms in total. The number of benzene rings is 3. The number of aromatic nitrogens is 8. The van der Waals surface area contributed by atoms with E-state index in [0.29, 0.717) is 0 Å². The van der Waals surface area contributed by atoms with Crippen molar-refractivity contribution >= 4 is 0 Å². The summed E-state index contributed by atoms with van der Waals surface area (Å²) in [6.07, 6.45) is 15.0. The van der Waals surface area contributed by atoms with E-state index in [2.05, 4.69) is 62.4 Å². The summed E-state index contributed by atoms with van der Waals surface area (Å²) in [7, 11) is 0. The topological polar surface area (TPSA) is 71.3 Å². The molecule has 4 aromatic heterocycles. The summed E-state index contributed by atoms with van der Waals surface area (Å²) in [6, 6.07) is 28.6. The van der Waals surface area contributed by atoms with Gasteiger partial charge in [0, 0.05) is 72.3 Å². The van der Waals surface area contributed by atoms with Crippen molar-refractivity contribution in [2.45, 2.75) is 0 Å². The highest BCUT2D eigenvalue weighted by Crippen LogP contribution is 2.27. The van der Waals surface area contributed by atoms with Crippen LogP contribution in [0.5, 0.6) is 0 Å². The van der Waals surface area contributed by atoms with Gasteiger partial charge < -0.3 is 0 Å². The molecule has 0 saturated carbocycles. The molecule has 0 N–H and O–H groups in total. The first-order valence-corrected chi connectivity index (χ1v) is 12.2. The van der Waals surface area contributed by atoms with Gasteiger partial charge >= 0.3 is 0 Å². The van der Waals surface area contributed by atoms with Crippen LogP contribution in [0.3, 0.4) is 0 Å². The minimum absolute atomic E-state index is 0.751. The first kappa shape index (κ1) is 21.8. The van der Waals surface area contributed by atoms with E-state index >= 15 is 0 Å². The molecule has 0 unspecified atom stereocenters. The number of imidazole rings is 4. The first-order valence-electron chi connectivity index (χ1n) is 12.2. The minimum atomic E-state index is 0.751. The van der Waals surface area contributed by atoms with E-state index in [1.165, 1.54) is 0 Å². The van der Waals surface area contributed by atoms with Gasteiger partial charge in [-0.25, -0.2) is 19.9 Å². The van der Waals surface area contributed by atoms with Crippen molar-refractivity contribution in [3.63, 3.8) is 0 Å². The third-order valence-electron chi connectivity index (χ3n) is 6.42. The molecule has 0 saturated heterocycles. The van der Waals surface area contributed by atoms with Crippen molar-refractivity contribution in [3.05, 3.63) is 135 Å². The van der Waals surface area contributed by atoms with Crippen molar-refractivity contribution in [3.8, 4) is 46.0 Å². The molecule has 0 spiro atoms. The highest BCUT2D eigenvalue weighted by atomic mass is 15.2. The summed E-state index contributed by atoms with van der Waals surface area (Å²) >= 11 is 0. The van der Waals surface area contributed by atoms with E-state index in [4.69, 9.17) is 0 Å². The van der Waals surface area contributed by atoms with Crippen LogP contribution < -0.4 is 0 Å². The largest absolute Gasteiger partial charge is 0.297 e. The molecular weight excluding hydrogens is 472 g/mol. The normalized spacial score (nSPS) is 11.2. The van der Waals surface area contributed by atoms with Gasteiger partial charge in [-0.2, -0.15) is 0 Å². The fourth-order valence-electron chi connectivity index (χ4n) is 4.68. The summed E-state index contributed by atoms with van der Waals surface area (Å²) in [6.45, 7) is 0. The van der Waals surface area contributed by atoms with Gasteiger partial charge in [0.15, 0.2) is 23.3 Å². The Hall–Kier alpha value is -5.50. The number of hydrogen-bond donors (Lipinski definition) is 0. The highest BCUT2D eigenvalue weighted by molar-refractivity contribution is 5.59. The van der Waals surface area contributed by atoms with Crippen molar-refractivity contribution < 1.29 is 0 Å². The van der Waals surface area contributed by atoms with Gasteiger partial charge in [0.05, 0.1) is 0 Å². The minimum Gasteiger partial charge on any atom is -0.297 e. The van der Waals surface area contributed by atoms with Gasteiger partial charge in [-0.05, 0) is 42.5 Å². The first-order chi connectivity index (χ1) is 18.9. The number of hydrogen-bond acceptors (Lipinski definition) is 4. The van der Waals surface area contributed by atoms with Gasteiger partial charge in [0.2, 0.25) is 0 Å². The van der Waals surface area contributed by atoms with Crippen LogP contribution in [0, 0.1) is 0 Å². The van der Waals surface area contributed by atoms with Crippen LogP contribution in [0.15, 0.2) is 135 Å². The monoisotopic (exact) mass is 494 g/mol. The lowest BCUT2D eigenvalue weighted by molar-refractivity contribution is 0.971. The van der Waals surface area contributed by atoms with E-state index in [-0.39, 0.29) is 0 Å². The standard InChI is InChI=1S/C30H22N8/c1-3-8-23(9-4-1)35-18-14-31-27(35)29-33-16-20-37(29)25-12-7-13-26(22-25)38-21-17-34-30(38)28-32-15-19-36(28)24-10-5-2-6-11-24/h1-22H. The molecular formula is C30H22N8. The molecule has 182 valence electrons. The Morgan fingerprint density at radius 3 is 1.03 bits per heavy atom. The van der Waals surface area contributed by atoms with Crippen LogP contribution in [0.4, 0.5) is 0 Å². The second-order valence-corrected chi connectivity index (χ2v) is 8.67. The fourth-order valence-corrected chi connectivity index (χ4v) is 4.68. The van der Waals surface area contributed by atoms with Crippen molar-refractivity contribution in [2.24, 2.45) is 0 Å². The molecule has 0 aliphatic rings. The van der Waals surface area contributed by atoms with Crippen molar-refractivity contribution in [1.82, 2.24) is 38.2 Å². The molecule has 7 rings (SSSR count). The lowest BCUT2D eigenvalue weighted by atomic mass is 10.2. The third-order valence-corrected chi connectivity index (χ3v) is 6.42. The summed E-state index contributed by atoms with van der Waals surface area (Å²) in [5, 5.41) is 0. The second-order valence-electron chi connectivity index (χ2n) is 8.67. The van der Waals surface area contributed by atoms with Gasteiger partial charge in [-0.1, -0.05) is 42.5 Å². The molecule has 0 amide bonds. The summed E-state index contributed by atoms with van der Waals surface area (Å²) in [5.74, 6) is 3.03. The zero-order valence-electron chi connectivity index (χ0n) is 20.3. The van der Waals surface area contributed by atoms with E-state index in [1.807, 2.05) is 85.5 Å². The highest BCUT2D eigenvalue weighted by Gasteiger charge is 2.17. The van der Waals surface area contributed by atoms with Crippen LogP contribution in [0.25, 0.3) is 46.0 Å². The Kier molecular flexibility index (Phi) is 5.26. The Bertz CT molecular complexity index is 1690. The zero-order chi connectivity index (χ0) is 25.3. The quantitative estimate of drug-likeness (QED) is 0.295. The Balaban J connectivity index is 1.29. The lowest BCUT2D eigenvalue weighted by Gasteiger charge is -2.13. The average Bonchev–Trinajstić information content (AvgIpc) is 3.80. The van der Waals surface area contributed by atoms with Crippen molar-refractivity contribution in [1.29, 1.82) is 0 Å². The van der Waals surface area contributed by atoms with Crippen LogP contribution in [-0.4, -0.2) is 38.2 Å². The maximum absolute atomic E-state index is 4.66. The maximum Gasteiger partial charge on any atom is 0.181 e. The maximum atomic E-state index is 4.66. The summed E-state index contributed by atoms with van der Waals surface area (Å²) in [4.78, 5) is 18.6. The molecule has 4 heterocycles. The number of nitrogens with zero attached hydrogens (tertiary/aromatic N) is 8. The van der Waals surface area contributed by atoms with Crippen LogP contribution in [0.2, 0.25) is 0 Å². The summed E-state index contributed by atoms with van der Waals surface area (Å²) < 4.78 is 8.18. The van der Waals surface area contributed by atoms with E-state index < -0.39 is 0 Å². The Labute approximate surface area is 218 Å². The molecule has 7 aromatic rings. The zero-order valence-corrected chi connectivity index (χ0v) is 20.3. The van der Waals surface area contributed by atoms with E-state index in [9.17, 15) is 0 Å². The Morgan fingerprint density at radius 1 is 0.342 bits per heavy atom. The number of para-hydroxylation sites is 2. The van der Waals surface area contributed by atoms with Crippen molar-refractivity contribution in [2.75, 3.05) is 0 Å². The van der Waals surface area contributed by atoms with Crippen LogP contribution in [-0.2, 0) is 0 Å². The van der Waals surface area contributed by atoms with Crippen LogP contribution >= 0.6 is 0 Å². The summed E-state index contributed by atoms with van der Waals surface area (Å²) in [5.41, 5.74) is 3.98. The molecule has 8 heteroatoms. The molecule has 0 aliphatic carbocycles. The molecule has 0 radical (unpaired) electrons. The molecule has 0 atom stereocenters. The third kappa shape index (κ3) is 3.72. The lowest BCUT2D eigenvalue weighted by Crippen LogP contribution is -2.05. The smallest absolute Gasteiger partial charge is 0.181 e. The molecule has 3 aromatic carbocycles. The number of rotatable bonds is 6. The van der Waals surface area contributed by atoms with Gasteiger partial charge in [0.25, 0.3) is 0 Å².